The number of aliphatic hydroxyl groups is 2. The SMILES string of the molecule is CC1C[N+](C)(C)C(C)CC1(O)/C=C\C1(O)CC(C)[N+](C)(C)CC1C. The molecule has 0 amide bonds. The Balaban J connectivity index is 2.20. The van der Waals surface area contributed by atoms with Gasteiger partial charge in [-0.2, -0.15) is 0 Å². The topological polar surface area (TPSA) is 40.5 Å². The van der Waals surface area contributed by atoms with Crippen LogP contribution in [0, 0.1) is 11.8 Å². The molecule has 140 valence electrons. The summed E-state index contributed by atoms with van der Waals surface area (Å²) in [6.45, 7) is 10.6. The fraction of sp³-hybridized carbons (Fsp3) is 0.900. The van der Waals surface area contributed by atoms with Crippen molar-refractivity contribution in [1.82, 2.24) is 0 Å². The first kappa shape index (κ1) is 19.9. The van der Waals surface area contributed by atoms with Crippen LogP contribution in [0.1, 0.15) is 40.5 Å². The Kier molecular flexibility index (Phi) is 5.04. The first-order valence-electron chi connectivity index (χ1n) is 9.52. The van der Waals surface area contributed by atoms with Gasteiger partial charge in [0.25, 0.3) is 0 Å². The Morgan fingerprint density at radius 3 is 1.29 bits per heavy atom. The lowest BCUT2D eigenvalue weighted by atomic mass is 9.74. The molecule has 2 aliphatic heterocycles. The van der Waals surface area contributed by atoms with Gasteiger partial charge in [0.1, 0.15) is 0 Å². The molecule has 0 spiro atoms. The number of hydrogen-bond donors (Lipinski definition) is 2. The van der Waals surface area contributed by atoms with Gasteiger partial charge in [0.2, 0.25) is 0 Å². The lowest BCUT2D eigenvalue weighted by molar-refractivity contribution is -0.924. The zero-order chi connectivity index (χ0) is 18.6. The summed E-state index contributed by atoms with van der Waals surface area (Å²) in [6.07, 6.45) is 5.36. The summed E-state index contributed by atoms with van der Waals surface area (Å²) >= 11 is 0. The summed E-state index contributed by atoms with van der Waals surface area (Å²) in [4.78, 5) is 0. The largest absolute Gasteiger partial charge is 0.385 e. The molecule has 0 aliphatic carbocycles. The van der Waals surface area contributed by atoms with Crippen molar-refractivity contribution in [2.24, 2.45) is 11.8 Å². The zero-order valence-electron chi connectivity index (χ0n) is 17.1. The van der Waals surface area contributed by atoms with Gasteiger partial charge in [0.05, 0.1) is 64.6 Å². The van der Waals surface area contributed by atoms with Crippen molar-refractivity contribution in [2.75, 3.05) is 41.3 Å². The van der Waals surface area contributed by atoms with Crippen molar-refractivity contribution in [3.8, 4) is 0 Å². The molecule has 4 heteroatoms. The van der Waals surface area contributed by atoms with E-state index in [2.05, 4.69) is 55.9 Å². The molecule has 2 rings (SSSR count). The molecule has 6 atom stereocenters. The van der Waals surface area contributed by atoms with Gasteiger partial charge in [0, 0.05) is 24.7 Å². The van der Waals surface area contributed by atoms with Crippen LogP contribution in [-0.2, 0) is 0 Å². The molecule has 0 saturated carbocycles. The molecule has 0 bridgehead atoms. The number of quaternary nitrogens is 2. The van der Waals surface area contributed by atoms with Crippen LogP contribution >= 0.6 is 0 Å². The van der Waals surface area contributed by atoms with Crippen LogP contribution in [-0.4, -0.2) is 83.7 Å². The molecule has 0 aromatic heterocycles. The lowest BCUT2D eigenvalue weighted by Crippen LogP contribution is -2.62. The average Bonchev–Trinajstić information content (AvgIpc) is 2.41. The molecule has 24 heavy (non-hydrogen) atoms. The van der Waals surface area contributed by atoms with Crippen LogP contribution in [0.15, 0.2) is 12.2 Å². The quantitative estimate of drug-likeness (QED) is 0.596. The normalized spacial score (nSPS) is 48.6. The van der Waals surface area contributed by atoms with Crippen molar-refractivity contribution >= 4 is 0 Å². The standard InChI is InChI=1S/C20H40N2O2/c1-15-13-21(5,6)17(3)11-19(15,23)9-10-20(24)12-18(4)22(7,8)14-16(20)2/h9-10,15-18,23-24H,11-14H2,1-8H3/q+2/b10-9-. The summed E-state index contributed by atoms with van der Waals surface area (Å²) in [7, 11) is 8.96. The van der Waals surface area contributed by atoms with E-state index in [-0.39, 0.29) is 11.8 Å². The first-order valence-corrected chi connectivity index (χ1v) is 9.52. The number of hydrogen-bond acceptors (Lipinski definition) is 2. The van der Waals surface area contributed by atoms with Gasteiger partial charge in [-0.05, 0) is 13.8 Å². The first-order chi connectivity index (χ1) is 10.7. The van der Waals surface area contributed by atoms with E-state index < -0.39 is 11.2 Å². The highest BCUT2D eigenvalue weighted by Gasteiger charge is 2.49. The Morgan fingerprint density at radius 1 is 0.708 bits per heavy atom. The van der Waals surface area contributed by atoms with Gasteiger partial charge in [0.15, 0.2) is 0 Å². The monoisotopic (exact) mass is 340 g/mol. The molecule has 2 fully saturated rings. The van der Waals surface area contributed by atoms with Gasteiger partial charge >= 0.3 is 0 Å². The van der Waals surface area contributed by atoms with Crippen molar-refractivity contribution in [3.63, 3.8) is 0 Å². The molecule has 0 radical (unpaired) electrons. The third-order valence-electron chi connectivity index (χ3n) is 7.49. The molecule has 2 aliphatic rings. The maximum Gasteiger partial charge on any atom is 0.0963 e. The number of rotatable bonds is 2. The zero-order valence-corrected chi connectivity index (χ0v) is 17.1. The van der Waals surface area contributed by atoms with E-state index in [0.717, 1.165) is 34.9 Å². The van der Waals surface area contributed by atoms with E-state index in [9.17, 15) is 10.2 Å². The average molecular weight is 341 g/mol. The summed E-state index contributed by atoms with van der Waals surface area (Å²) < 4.78 is 1.89. The Bertz CT molecular complexity index is 458. The van der Waals surface area contributed by atoms with E-state index in [4.69, 9.17) is 0 Å². The van der Waals surface area contributed by atoms with Crippen molar-refractivity contribution < 1.29 is 19.2 Å². The van der Waals surface area contributed by atoms with Crippen molar-refractivity contribution in [2.45, 2.75) is 63.8 Å². The molecule has 2 N–H and O–H groups in total. The molecule has 2 saturated heterocycles. The summed E-state index contributed by atoms with van der Waals surface area (Å²) in [5.41, 5.74) is -1.62. The van der Waals surface area contributed by atoms with E-state index in [1.807, 2.05) is 12.2 Å². The summed E-state index contributed by atoms with van der Waals surface area (Å²) in [5, 5.41) is 22.5. The van der Waals surface area contributed by atoms with Crippen LogP contribution in [0.25, 0.3) is 0 Å². The van der Waals surface area contributed by atoms with Gasteiger partial charge in [-0.1, -0.05) is 26.0 Å². The highest BCUT2D eigenvalue weighted by Crippen LogP contribution is 2.39. The van der Waals surface area contributed by atoms with E-state index in [1.54, 1.807) is 0 Å². The van der Waals surface area contributed by atoms with Gasteiger partial charge in [-0.15, -0.1) is 0 Å². The maximum absolute atomic E-state index is 11.2. The predicted molar refractivity (Wildman–Crippen MR) is 99.5 cm³/mol. The molecule has 6 unspecified atom stereocenters. The fourth-order valence-electron chi connectivity index (χ4n) is 4.68. The second kappa shape index (κ2) is 6.08. The third kappa shape index (κ3) is 3.57. The van der Waals surface area contributed by atoms with Crippen LogP contribution in [0.3, 0.4) is 0 Å². The van der Waals surface area contributed by atoms with Crippen LogP contribution < -0.4 is 0 Å². The predicted octanol–water partition coefficient (Wildman–Crippen LogP) is 2.01. The fourth-order valence-corrected chi connectivity index (χ4v) is 4.68. The molecular formula is C20H40N2O2+2. The van der Waals surface area contributed by atoms with Gasteiger partial charge < -0.3 is 19.2 Å². The van der Waals surface area contributed by atoms with E-state index in [1.165, 1.54) is 0 Å². The van der Waals surface area contributed by atoms with Crippen LogP contribution in [0.2, 0.25) is 0 Å². The number of likely N-dealkylation sites (tertiary alicyclic amines) is 2. The summed E-state index contributed by atoms with van der Waals surface area (Å²) in [5.74, 6) is 0.374. The minimum absolute atomic E-state index is 0.187. The molecule has 4 nitrogen and oxygen atoms in total. The second-order valence-electron chi connectivity index (χ2n) is 10.1. The Labute approximate surface area is 148 Å². The number of nitrogens with zero attached hydrogens (tertiary/aromatic N) is 2. The van der Waals surface area contributed by atoms with E-state index >= 15 is 0 Å². The number of piperidine rings is 2. The molecular weight excluding hydrogens is 300 g/mol. The van der Waals surface area contributed by atoms with Crippen molar-refractivity contribution in [1.29, 1.82) is 0 Å². The third-order valence-corrected chi connectivity index (χ3v) is 7.49. The smallest absolute Gasteiger partial charge is 0.0963 e. The highest BCUT2D eigenvalue weighted by atomic mass is 16.3. The highest BCUT2D eigenvalue weighted by molar-refractivity contribution is 5.14. The lowest BCUT2D eigenvalue weighted by Gasteiger charge is -2.51. The van der Waals surface area contributed by atoms with Crippen LogP contribution in [0.4, 0.5) is 0 Å². The minimum atomic E-state index is -0.812. The Morgan fingerprint density at radius 2 is 1.00 bits per heavy atom. The molecule has 0 aromatic rings. The van der Waals surface area contributed by atoms with Gasteiger partial charge in [-0.3, -0.25) is 0 Å². The summed E-state index contributed by atoms with van der Waals surface area (Å²) in [6, 6.07) is 0.813. The van der Waals surface area contributed by atoms with Crippen LogP contribution in [0.5, 0.6) is 0 Å². The second-order valence-corrected chi connectivity index (χ2v) is 10.1. The maximum atomic E-state index is 11.2. The molecule has 2 heterocycles. The van der Waals surface area contributed by atoms with Crippen molar-refractivity contribution in [3.05, 3.63) is 12.2 Å². The van der Waals surface area contributed by atoms with E-state index in [0.29, 0.717) is 12.1 Å². The molecule has 0 aromatic carbocycles. The minimum Gasteiger partial charge on any atom is -0.385 e. The van der Waals surface area contributed by atoms with Gasteiger partial charge in [-0.25, -0.2) is 0 Å². The Hall–Kier alpha value is -0.420.